The zero-order valence-corrected chi connectivity index (χ0v) is 4.39. The van der Waals surface area contributed by atoms with E-state index in [0.29, 0.717) is 0 Å². The molecule has 1 rings (SSSR count). The van der Waals surface area contributed by atoms with Gasteiger partial charge in [-0.3, -0.25) is 0 Å². The monoisotopic (exact) mass is 124 g/mol. The van der Waals surface area contributed by atoms with E-state index >= 15 is 0 Å². The highest BCUT2D eigenvalue weighted by molar-refractivity contribution is 5.75. The minimum Gasteiger partial charge on any atom is -0.0622 e. The summed E-state index contributed by atoms with van der Waals surface area (Å²) in [5.74, 6) is 0. The molecule has 0 atom stereocenters. The van der Waals surface area contributed by atoms with E-state index in [1.165, 1.54) is 5.56 Å². The van der Waals surface area contributed by atoms with Gasteiger partial charge < -0.3 is 0 Å². The molecule has 8 heavy (non-hydrogen) atoms. The fraction of sp³-hybridized carbons (Fsp3) is 0.143. The average molecular weight is 124 g/mol. The Morgan fingerprint density at radius 2 is 1.62 bits per heavy atom. The molecule has 0 N–H and O–H groups in total. The Labute approximate surface area is 62.2 Å². The van der Waals surface area contributed by atoms with Gasteiger partial charge in [-0.25, -0.2) is 0 Å². The van der Waals surface area contributed by atoms with Crippen molar-refractivity contribution in [3.63, 3.8) is 0 Å². The summed E-state index contributed by atoms with van der Waals surface area (Å²) in [6.07, 6.45) is 0. The van der Waals surface area contributed by atoms with Crippen molar-refractivity contribution in [1.82, 2.24) is 0 Å². The molecule has 0 amide bonds. The Morgan fingerprint density at radius 1 is 1.12 bits per heavy atom. The Bertz CT molecular complexity index is 139. The fourth-order valence-corrected chi connectivity index (χ4v) is 0.534. The van der Waals surface area contributed by atoms with E-state index in [4.69, 9.17) is 0 Å². The maximum Gasteiger partial charge on any atom is 0.187 e. The molecule has 0 aromatic heterocycles. The molecule has 1 heteroatoms. The van der Waals surface area contributed by atoms with E-state index in [2.05, 4.69) is 19.1 Å². The van der Waals surface area contributed by atoms with Crippen LogP contribution in [0.1, 0.15) is 6.99 Å². The Morgan fingerprint density at radius 3 is 1.88 bits per heavy atom. The standard InChI is InChI=1S/C7H8.Al.H2.3H/c1-7-5-3-2-4-6-7;;;;;/h2-6H,1H3;;1H;;;. The van der Waals surface area contributed by atoms with Crippen LogP contribution in [0, 0.1) is 6.92 Å². The smallest absolute Gasteiger partial charge is 0.0622 e. The van der Waals surface area contributed by atoms with Gasteiger partial charge in [0.15, 0.2) is 17.4 Å². The summed E-state index contributed by atoms with van der Waals surface area (Å²) < 4.78 is 0. The normalized spacial score (nSPS) is 7.62. The minimum absolute atomic E-state index is 0. The van der Waals surface area contributed by atoms with Crippen LogP contribution in [0.3, 0.4) is 0 Å². The van der Waals surface area contributed by atoms with Gasteiger partial charge in [-0.2, -0.15) is 0 Å². The first-order valence-electron chi connectivity index (χ1n) is 2.41. The Hall–Kier alpha value is -0.248. The Kier molecular flexibility index (Phi) is 3.60. The molecule has 44 valence electrons. The van der Waals surface area contributed by atoms with E-state index in [0.717, 1.165) is 0 Å². The lowest BCUT2D eigenvalue weighted by atomic mass is 10.2. The van der Waals surface area contributed by atoms with Gasteiger partial charge in [-0.1, -0.05) is 35.9 Å². The van der Waals surface area contributed by atoms with Gasteiger partial charge in [0.25, 0.3) is 0 Å². The van der Waals surface area contributed by atoms with E-state index in [1.54, 1.807) is 0 Å². The third kappa shape index (κ3) is 2.16. The molecule has 0 aliphatic carbocycles. The van der Waals surface area contributed by atoms with Gasteiger partial charge in [0.05, 0.1) is 0 Å². The Balaban J connectivity index is 0. The van der Waals surface area contributed by atoms with Crippen molar-refractivity contribution in [3.05, 3.63) is 35.9 Å². The average Bonchev–Trinajstić information content (AvgIpc) is 1.69. The maximum absolute atomic E-state index is 2.08. The van der Waals surface area contributed by atoms with Crippen molar-refractivity contribution in [2.24, 2.45) is 0 Å². The van der Waals surface area contributed by atoms with Gasteiger partial charge >= 0.3 is 0 Å². The number of aryl methyl sites for hydroxylation is 1. The van der Waals surface area contributed by atoms with Crippen molar-refractivity contribution < 1.29 is 1.43 Å². The predicted octanol–water partition coefficient (Wildman–Crippen LogP) is 1.06. The van der Waals surface area contributed by atoms with Crippen LogP contribution in [0.5, 0.6) is 0 Å². The molecular formula is C7H13Al. The molecule has 0 aliphatic rings. The summed E-state index contributed by atoms with van der Waals surface area (Å²) in [5, 5.41) is 0. The second-order valence-corrected chi connectivity index (χ2v) is 1.65. The van der Waals surface area contributed by atoms with Gasteiger partial charge in [0.1, 0.15) is 0 Å². The first-order valence-corrected chi connectivity index (χ1v) is 2.41. The molecule has 1 aromatic carbocycles. The number of rotatable bonds is 0. The molecule has 0 bridgehead atoms. The third-order valence-corrected chi connectivity index (χ3v) is 0.940. The second-order valence-electron chi connectivity index (χ2n) is 1.65. The summed E-state index contributed by atoms with van der Waals surface area (Å²) in [4.78, 5) is 0. The van der Waals surface area contributed by atoms with Gasteiger partial charge in [-0.05, 0) is 6.92 Å². The molecule has 0 saturated heterocycles. The number of hydrogen-bond acceptors (Lipinski definition) is 0. The van der Waals surface area contributed by atoms with Crippen LogP contribution in [0.25, 0.3) is 0 Å². The van der Waals surface area contributed by atoms with Crippen molar-refractivity contribution in [2.45, 2.75) is 6.92 Å². The summed E-state index contributed by atoms with van der Waals surface area (Å²) in [6, 6.07) is 10.3. The van der Waals surface area contributed by atoms with Crippen molar-refractivity contribution in [2.75, 3.05) is 0 Å². The zero-order chi connectivity index (χ0) is 5.11. The van der Waals surface area contributed by atoms with Crippen LogP contribution in [-0.2, 0) is 0 Å². The molecule has 0 nitrogen and oxygen atoms in total. The second kappa shape index (κ2) is 3.72. The molecule has 0 heterocycles. The third-order valence-electron chi connectivity index (χ3n) is 0.940. The summed E-state index contributed by atoms with van der Waals surface area (Å²) in [7, 11) is 0. The quantitative estimate of drug-likeness (QED) is 0.454. The summed E-state index contributed by atoms with van der Waals surface area (Å²) >= 11 is 0. The SMILES string of the molecule is Cc1ccccc1.[AlH3].[HH]. The van der Waals surface area contributed by atoms with Gasteiger partial charge in [-0.15, -0.1) is 0 Å². The van der Waals surface area contributed by atoms with E-state index in [1.807, 2.05) is 18.2 Å². The van der Waals surface area contributed by atoms with Crippen LogP contribution in [0.2, 0.25) is 0 Å². The van der Waals surface area contributed by atoms with E-state index < -0.39 is 0 Å². The summed E-state index contributed by atoms with van der Waals surface area (Å²) in [5.41, 5.74) is 1.32. The lowest BCUT2D eigenvalue weighted by Crippen LogP contribution is -1.62. The van der Waals surface area contributed by atoms with Crippen LogP contribution in [0.4, 0.5) is 0 Å². The largest absolute Gasteiger partial charge is 0.187 e. The minimum atomic E-state index is 0. The molecule has 0 unspecified atom stereocenters. The zero-order valence-electron chi connectivity index (χ0n) is 4.39. The van der Waals surface area contributed by atoms with Crippen molar-refractivity contribution in [1.29, 1.82) is 0 Å². The highest BCUT2D eigenvalue weighted by Gasteiger charge is 1.72. The highest BCUT2D eigenvalue weighted by atomic mass is 27.0. The van der Waals surface area contributed by atoms with Crippen LogP contribution in [-0.4, -0.2) is 17.4 Å². The van der Waals surface area contributed by atoms with E-state index in [9.17, 15) is 0 Å². The first kappa shape index (κ1) is 7.75. The maximum atomic E-state index is 2.08. The molecule has 0 radical (unpaired) electrons. The number of hydrogen-bond donors (Lipinski definition) is 0. The van der Waals surface area contributed by atoms with Crippen LogP contribution in [0.15, 0.2) is 30.3 Å². The van der Waals surface area contributed by atoms with Gasteiger partial charge in [0.2, 0.25) is 0 Å². The van der Waals surface area contributed by atoms with Crippen molar-refractivity contribution in [3.8, 4) is 0 Å². The van der Waals surface area contributed by atoms with Crippen molar-refractivity contribution >= 4 is 17.4 Å². The topological polar surface area (TPSA) is 0 Å². The van der Waals surface area contributed by atoms with Gasteiger partial charge in [0, 0.05) is 1.43 Å². The molecule has 0 fully saturated rings. The van der Waals surface area contributed by atoms with Crippen LogP contribution >= 0.6 is 0 Å². The number of benzene rings is 1. The first-order chi connectivity index (χ1) is 3.39. The van der Waals surface area contributed by atoms with Crippen LogP contribution < -0.4 is 0 Å². The molecule has 1 aromatic rings. The lowest BCUT2D eigenvalue weighted by molar-refractivity contribution is 1.48. The highest BCUT2D eigenvalue weighted by Crippen LogP contribution is 1.92. The predicted molar refractivity (Wildman–Crippen MR) is 43.2 cm³/mol. The lowest BCUT2D eigenvalue weighted by Gasteiger charge is -1.82. The fourth-order valence-electron chi connectivity index (χ4n) is 0.534. The summed E-state index contributed by atoms with van der Waals surface area (Å²) in [6.45, 7) is 2.08. The molecule has 0 spiro atoms. The van der Waals surface area contributed by atoms with E-state index in [-0.39, 0.29) is 18.8 Å². The molecule has 0 aliphatic heterocycles. The molecule has 0 saturated carbocycles. The molecular weight excluding hydrogens is 111 g/mol.